The van der Waals surface area contributed by atoms with Crippen LogP contribution in [-0.4, -0.2) is 49.1 Å². The molecule has 0 radical (unpaired) electrons. The van der Waals surface area contributed by atoms with Gasteiger partial charge in [-0.1, -0.05) is 12.1 Å². The summed E-state index contributed by atoms with van der Waals surface area (Å²) in [6, 6.07) is 5.67. The summed E-state index contributed by atoms with van der Waals surface area (Å²) in [5.41, 5.74) is 6.11. The largest absolute Gasteiger partial charge is 0.416 e. The van der Waals surface area contributed by atoms with Gasteiger partial charge in [-0.2, -0.15) is 13.2 Å². The van der Waals surface area contributed by atoms with Crippen molar-refractivity contribution in [3.8, 4) is 0 Å². The Morgan fingerprint density at radius 3 is 2.33 bits per heavy atom. The molecule has 0 aromatic heterocycles. The first-order valence-corrected chi connectivity index (χ1v) is 7.14. The molecular formula is C15H22F3N3. The van der Waals surface area contributed by atoms with Crippen LogP contribution in [0.25, 0.3) is 0 Å². The van der Waals surface area contributed by atoms with Gasteiger partial charge >= 0.3 is 6.18 Å². The molecule has 0 spiro atoms. The summed E-state index contributed by atoms with van der Waals surface area (Å²) < 4.78 is 37.9. The number of nitrogens with zero attached hydrogens (tertiary/aromatic N) is 2. The van der Waals surface area contributed by atoms with Crippen LogP contribution in [0, 0.1) is 0 Å². The second-order valence-electron chi connectivity index (χ2n) is 5.72. The van der Waals surface area contributed by atoms with E-state index in [1.165, 1.54) is 0 Å². The van der Waals surface area contributed by atoms with Gasteiger partial charge in [-0.3, -0.25) is 4.90 Å². The first-order valence-electron chi connectivity index (χ1n) is 7.14. The number of rotatable bonds is 3. The third kappa shape index (κ3) is 3.75. The Balaban J connectivity index is 2.17. The summed E-state index contributed by atoms with van der Waals surface area (Å²) in [5, 5.41) is 0. The predicted octanol–water partition coefficient (Wildman–Crippen LogP) is 2.34. The third-order valence-corrected chi connectivity index (χ3v) is 4.13. The molecule has 0 amide bonds. The standard InChI is InChI=1S/C15H22F3N3/c1-11-10-20(2)7-8-21(11)14(9-19)12-3-5-13(6-4-12)15(16,17)18/h3-6,11,14H,7-10,19H2,1-2H3. The van der Waals surface area contributed by atoms with Crippen LogP contribution in [0.1, 0.15) is 24.1 Å². The van der Waals surface area contributed by atoms with Crippen LogP contribution in [0.5, 0.6) is 0 Å². The lowest BCUT2D eigenvalue weighted by Crippen LogP contribution is -2.52. The summed E-state index contributed by atoms with van der Waals surface area (Å²) >= 11 is 0. The van der Waals surface area contributed by atoms with Crippen molar-refractivity contribution >= 4 is 0 Å². The first kappa shape index (κ1) is 16.3. The fourth-order valence-corrected chi connectivity index (χ4v) is 2.97. The normalized spacial score (nSPS) is 23.2. The monoisotopic (exact) mass is 301 g/mol. The SMILES string of the molecule is CC1CN(C)CCN1C(CN)c1ccc(C(F)(F)F)cc1. The van der Waals surface area contributed by atoms with Crippen molar-refractivity contribution in [1.29, 1.82) is 0 Å². The van der Waals surface area contributed by atoms with Gasteiger partial charge in [0.25, 0.3) is 0 Å². The van der Waals surface area contributed by atoms with E-state index in [9.17, 15) is 13.2 Å². The molecule has 118 valence electrons. The molecule has 1 aliphatic heterocycles. The van der Waals surface area contributed by atoms with Crippen LogP contribution in [-0.2, 0) is 6.18 Å². The van der Waals surface area contributed by atoms with E-state index >= 15 is 0 Å². The van der Waals surface area contributed by atoms with Gasteiger partial charge in [0.05, 0.1) is 5.56 Å². The van der Waals surface area contributed by atoms with Crippen LogP contribution in [0.3, 0.4) is 0 Å². The van der Waals surface area contributed by atoms with Gasteiger partial charge in [-0.25, -0.2) is 0 Å². The Morgan fingerprint density at radius 2 is 1.86 bits per heavy atom. The van der Waals surface area contributed by atoms with E-state index in [1.807, 2.05) is 0 Å². The molecule has 0 saturated carbocycles. The van der Waals surface area contributed by atoms with Crippen LogP contribution in [0.15, 0.2) is 24.3 Å². The smallest absolute Gasteiger partial charge is 0.329 e. The Labute approximate surface area is 123 Å². The molecule has 1 aromatic carbocycles. The highest BCUT2D eigenvalue weighted by molar-refractivity contribution is 5.27. The molecule has 6 heteroatoms. The van der Waals surface area contributed by atoms with E-state index in [4.69, 9.17) is 5.73 Å². The van der Waals surface area contributed by atoms with Crippen molar-refractivity contribution in [2.75, 3.05) is 33.2 Å². The minimum atomic E-state index is -4.29. The average Bonchev–Trinajstić information content (AvgIpc) is 2.41. The molecular weight excluding hydrogens is 279 g/mol. The molecule has 0 aliphatic carbocycles. The highest BCUT2D eigenvalue weighted by Crippen LogP contribution is 2.31. The molecule has 2 unspecified atom stereocenters. The number of piperazine rings is 1. The number of hydrogen-bond donors (Lipinski definition) is 1. The summed E-state index contributed by atoms with van der Waals surface area (Å²) in [7, 11) is 2.07. The molecule has 3 nitrogen and oxygen atoms in total. The highest BCUT2D eigenvalue weighted by atomic mass is 19.4. The topological polar surface area (TPSA) is 32.5 Å². The Hall–Kier alpha value is -1.11. The zero-order chi connectivity index (χ0) is 15.6. The summed E-state index contributed by atoms with van der Waals surface area (Å²) in [6.07, 6.45) is -4.29. The molecule has 1 aliphatic rings. The molecule has 1 fully saturated rings. The van der Waals surface area contributed by atoms with Gasteiger partial charge in [-0.15, -0.1) is 0 Å². The maximum Gasteiger partial charge on any atom is 0.416 e. The molecule has 2 N–H and O–H groups in total. The van der Waals surface area contributed by atoms with E-state index in [1.54, 1.807) is 12.1 Å². The number of alkyl halides is 3. The predicted molar refractivity (Wildman–Crippen MR) is 76.9 cm³/mol. The van der Waals surface area contributed by atoms with Gasteiger partial charge in [-0.05, 0) is 31.7 Å². The van der Waals surface area contributed by atoms with Crippen molar-refractivity contribution in [3.05, 3.63) is 35.4 Å². The van der Waals surface area contributed by atoms with Gasteiger partial charge in [0, 0.05) is 38.3 Å². The molecule has 1 aromatic rings. The summed E-state index contributed by atoms with van der Waals surface area (Å²) in [5.74, 6) is 0. The van der Waals surface area contributed by atoms with Gasteiger partial charge < -0.3 is 10.6 Å². The van der Waals surface area contributed by atoms with E-state index in [-0.39, 0.29) is 6.04 Å². The second kappa shape index (κ2) is 6.34. The van der Waals surface area contributed by atoms with E-state index < -0.39 is 11.7 Å². The van der Waals surface area contributed by atoms with E-state index in [0.29, 0.717) is 12.6 Å². The summed E-state index contributed by atoms with van der Waals surface area (Å²) in [4.78, 5) is 4.53. The summed E-state index contributed by atoms with van der Waals surface area (Å²) in [6.45, 7) is 5.29. The molecule has 2 rings (SSSR count). The van der Waals surface area contributed by atoms with Gasteiger partial charge in [0.2, 0.25) is 0 Å². The van der Waals surface area contributed by atoms with Crippen molar-refractivity contribution in [1.82, 2.24) is 9.80 Å². The van der Waals surface area contributed by atoms with E-state index in [0.717, 1.165) is 37.3 Å². The third-order valence-electron chi connectivity index (χ3n) is 4.13. The van der Waals surface area contributed by atoms with Gasteiger partial charge in [0.15, 0.2) is 0 Å². The Bertz CT molecular complexity index is 458. The molecule has 21 heavy (non-hydrogen) atoms. The molecule has 2 atom stereocenters. The fraction of sp³-hybridized carbons (Fsp3) is 0.600. The first-order chi connectivity index (χ1) is 9.82. The quantitative estimate of drug-likeness (QED) is 0.930. The zero-order valence-electron chi connectivity index (χ0n) is 12.4. The van der Waals surface area contributed by atoms with Crippen molar-refractivity contribution in [2.45, 2.75) is 25.2 Å². The van der Waals surface area contributed by atoms with Crippen molar-refractivity contribution < 1.29 is 13.2 Å². The van der Waals surface area contributed by atoms with Crippen LogP contribution in [0.2, 0.25) is 0 Å². The second-order valence-corrected chi connectivity index (χ2v) is 5.72. The fourth-order valence-electron chi connectivity index (χ4n) is 2.97. The Morgan fingerprint density at radius 1 is 1.24 bits per heavy atom. The van der Waals surface area contributed by atoms with Crippen LogP contribution in [0.4, 0.5) is 13.2 Å². The minimum Gasteiger partial charge on any atom is -0.329 e. The lowest BCUT2D eigenvalue weighted by atomic mass is 10.0. The highest BCUT2D eigenvalue weighted by Gasteiger charge is 2.32. The zero-order valence-corrected chi connectivity index (χ0v) is 12.4. The maximum absolute atomic E-state index is 12.6. The lowest BCUT2D eigenvalue weighted by molar-refractivity contribution is -0.137. The number of halogens is 3. The van der Waals surface area contributed by atoms with Gasteiger partial charge in [0.1, 0.15) is 0 Å². The lowest BCUT2D eigenvalue weighted by Gasteiger charge is -2.42. The average molecular weight is 301 g/mol. The maximum atomic E-state index is 12.6. The molecule has 1 heterocycles. The number of likely N-dealkylation sites (N-methyl/N-ethyl adjacent to an activating group) is 1. The van der Waals surface area contributed by atoms with Crippen LogP contribution < -0.4 is 5.73 Å². The minimum absolute atomic E-state index is 0.0315. The number of nitrogens with two attached hydrogens (primary N) is 1. The van der Waals surface area contributed by atoms with Crippen molar-refractivity contribution in [2.24, 2.45) is 5.73 Å². The Kier molecular flexibility index (Phi) is 4.91. The number of hydrogen-bond acceptors (Lipinski definition) is 3. The number of benzene rings is 1. The molecule has 0 bridgehead atoms. The van der Waals surface area contributed by atoms with Crippen LogP contribution >= 0.6 is 0 Å². The van der Waals surface area contributed by atoms with Crippen molar-refractivity contribution in [3.63, 3.8) is 0 Å². The van der Waals surface area contributed by atoms with E-state index in [2.05, 4.69) is 23.8 Å². The molecule has 1 saturated heterocycles.